The maximum atomic E-state index is 11.3. The van der Waals surface area contributed by atoms with Gasteiger partial charge in [0.05, 0.1) is 0 Å². The summed E-state index contributed by atoms with van der Waals surface area (Å²) < 4.78 is 19.8. The lowest BCUT2D eigenvalue weighted by molar-refractivity contribution is -0.251. The Morgan fingerprint density at radius 3 is 0.958 bits per heavy atom. The maximum absolute atomic E-state index is 11.3. The third-order valence-electron chi connectivity index (χ3n) is 3.20. The molecule has 1 fully saturated rings. The molecule has 0 aromatic carbocycles. The van der Waals surface area contributed by atoms with E-state index < -0.39 is 60.5 Å². The van der Waals surface area contributed by atoms with Crippen LogP contribution in [-0.4, -0.2) is 70.7 Å². The van der Waals surface area contributed by atoms with Crippen LogP contribution in [0.4, 0.5) is 0 Å². The third-order valence-corrected chi connectivity index (χ3v) is 3.20. The standard InChI is InChI=1S/C14H20O10/c1-5(15)21-11-9(19)10(20)12(22-6(2)16)14(24-8(4)18)13(11)23-7(3)17/h9-14,19-20H,1-4H3/t9-,10-,11-,12-,13-,14-/m0/s1. The number of carbonyl (C=O) groups is 4. The van der Waals surface area contributed by atoms with Gasteiger partial charge < -0.3 is 29.2 Å². The lowest BCUT2D eigenvalue weighted by atomic mass is 9.84. The molecule has 0 spiro atoms. The summed E-state index contributed by atoms with van der Waals surface area (Å²) in [6.07, 6.45) is -9.46. The van der Waals surface area contributed by atoms with Crippen LogP contribution in [0.1, 0.15) is 27.7 Å². The van der Waals surface area contributed by atoms with Crippen molar-refractivity contribution >= 4 is 23.9 Å². The molecule has 0 bridgehead atoms. The van der Waals surface area contributed by atoms with Gasteiger partial charge >= 0.3 is 23.9 Å². The van der Waals surface area contributed by atoms with E-state index in [1.54, 1.807) is 0 Å². The minimum Gasteiger partial charge on any atom is -0.456 e. The highest BCUT2D eigenvalue weighted by Gasteiger charge is 2.56. The Kier molecular flexibility index (Phi) is 6.67. The fourth-order valence-corrected chi connectivity index (χ4v) is 2.46. The molecule has 0 aromatic rings. The number of carbonyl (C=O) groups excluding carboxylic acids is 4. The molecule has 10 heteroatoms. The van der Waals surface area contributed by atoms with E-state index >= 15 is 0 Å². The largest absolute Gasteiger partial charge is 0.456 e. The van der Waals surface area contributed by atoms with Crippen LogP contribution < -0.4 is 0 Å². The molecule has 6 atom stereocenters. The molecular weight excluding hydrogens is 328 g/mol. The van der Waals surface area contributed by atoms with Crippen LogP contribution in [0, 0.1) is 0 Å². The van der Waals surface area contributed by atoms with Crippen molar-refractivity contribution in [2.24, 2.45) is 0 Å². The molecule has 0 radical (unpaired) electrons. The summed E-state index contributed by atoms with van der Waals surface area (Å²) in [5.74, 6) is -3.29. The fraction of sp³-hybridized carbons (Fsp3) is 0.714. The SMILES string of the molecule is CC(=O)O[C@@H]1[C@@H](OC(C)=O)[C@@H](OC(C)=O)[C@@H](O)[C@H](O)[C@@H]1OC(C)=O. The average molecular weight is 348 g/mol. The van der Waals surface area contributed by atoms with Crippen LogP contribution in [0.2, 0.25) is 0 Å². The Labute approximate surface area is 137 Å². The zero-order chi connectivity index (χ0) is 18.6. The molecule has 1 saturated carbocycles. The van der Waals surface area contributed by atoms with Gasteiger partial charge in [-0.1, -0.05) is 0 Å². The summed E-state index contributed by atoms with van der Waals surface area (Å²) in [4.78, 5) is 45.1. The number of hydrogen-bond donors (Lipinski definition) is 2. The van der Waals surface area contributed by atoms with Crippen molar-refractivity contribution in [2.45, 2.75) is 64.3 Å². The van der Waals surface area contributed by atoms with Crippen LogP contribution in [0.25, 0.3) is 0 Å². The molecule has 1 aliphatic rings. The number of aliphatic hydroxyl groups excluding tert-OH is 2. The van der Waals surface area contributed by atoms with E-state index in [0.29, 0.717) is 0 Å². The molecule has 0 aliphatic heterocycles. The van der Waals surface area contributed by atoms with Crippen LogP contribution in [0.3, 0.4) is 0 Å². The smallest absolute Gasteiger partial charge is 0.303 e. The minimum atomic E-state index is -1.74. The van der Waals surface area contributed by atoms with E-state index in [4.69, 9.17) is 18.9 Å². The summed E-state index contributed by atoms with van der Waals surface area (Å²) in [5.41, 5.74) is 0. The summed E-state index contributed by atoms with van der Waals surface area (Å²) in [5, 5.41) is 20.3. The van der Waals surface area contributed by atoms with Gasteiger partial charge in [-0.2, -0.15) is 0 Å². The number of rotatable bonds is 4. The zero-order valence-corrected chi connectivity index (χ0v) is 13.6. The van der Waals surface area contributed by atoms with Crippen molar-refractivity contribution in [3.05, 3.63) is 0 Å². The van der Waals surface area contributed by atoms with Gasteiger partial charge in [-0.3, -0.25) is 19.2 Å². The molecule has 0 amide bonds. The first-order valence-electron chi connectivity index (χ1n) is 7.09. The van der Waals surface area contributed by atoms with Crippen LogP contribution in [-0.2, 0) is 38.1 Å². The number of ether oxygens (including phenoxy) is 4. The second-order valence-corrected chi connectivity index (χ2v) is 5.28. The first-order valence-corrected chi connectivity index (χ1v) is 7.09. The molecule has 136 valence electrons. The monoisotopic (exact) mass is 348 g/mol. The van der Waals surface area contributed by atoms with Crippen molar-refractivity contribution in [1.82, 2.24) is 0 Å². The van der Waals surface area contributed by atoms with Crippen molar-refractivity contribution in [2.75, 3.05) is 0 Å². The van der Waals surface area contributed by atoms with E-state index in [0.717, 1.165) is 27.7 Å². The van der Waals surface area contributed by atoms with Gasteiger partial charge in [0.2, 0.25) is 0 Å². The molecule has 1 aliphatic carbocycles. The predicted molar refractivity (Wildman–Crippen MR) is 74.2 cm³/mol. The topological polar surface area (TPSA) is 146 Å². The van der Waals surface area contributed by atoms with E-state index in [1.165, 1.54) is 0 Å². The van der Waals surface area contributed by atoms with Crippen molar-refractivity contribution in [3.8, 4) is 0 Å². The summed E-state index contributed by atoms with van der Waals surface area (Å²) in [6, 6.07) is 0. The molecule has 0 saturated heterocycles. The van der Waals surface area contributed by atoms with Gasteiger partial charge in [0, 0.05) is 27.7 Å². The van der Waals surface area contributed by atoms with Crippen LogP contribution >= 0.6 is 0 Å². The molecule has 0 aromatic heterocycles. The maximum Gasteiger partial charge on any atom is 0.303 e. The van der Waals surface area contributed by atoms with Gasteiger partial charge in [-0.25, -0.2) is 0 Å². The third kappa shape index (κ3) is 4.90. The molecule has 10 nitrogen and oxygen atoms in total. The Bertz CT molecular complexity index is 470. The van der Waals surface area contributed by atoms with E-state index in [9.17, 15) is 29.4 Å². The van der Waals surface area contributed by atoms with Crippen LogP contribution in [0.15, 0.2) is 0 Å². The molecule has 1 rings (SSSR count). The normalized spacial score (nSPS) is 32.4. The van der Waals surface area contributed by atoms with Crippen LogP contribution in [0.5, 0.6) is 0 Å². The highest BCUT2D eigenvalue weighted by Crippen LogP contribution is 2.30. The number of aliphatic hydroxyl groups is 2. The number of esters is 4. The molecule has 2 N–H and O–H groups in total. The summed E-state index contributed by atoms with van der Waals surface area (Å²) in [7, 11) is 0. The first kappa shape index (κ1) is 19.8. The van der Waals surface area contributed by atoms with Gasteiger partial charge in [-0.15, -0.1) is 0 Å². The van der Waals surface area contributed by atoms with Gasteiger partial charge in [0.1, 0.15) is 12.2 Å². The Morgan fingerprint density at radius 1 is 0.542 bits per heavy atom. The van der Waals surface area contributed by atoms with E-state index in [2.05, 4.69) is 0 Å². The first-order chi connectivity index (χ1) is 11.0. The lowest BCUT2D eigenvalue weighted by Gasteiger charge is -2.44. The zero-order valence-electron chi connectivity index (χ0n) is 13.6. The molecular formula is C14H20O10. The van der Waals surface area contributed by atoms with Crippen molar-refractivity contribution in [1.29, 1.82) is 0 Å². The van der Waals surface area contributed by atoms with Crippen molar-refractivity contribution < 1.29 is 48.3 Å². The lowest BCUT2D eigenvalue weighted by Crippen LogP contribution is -2.67. The van der Waals surface area contributed by atoms with E-state index in [1.807, 2.05) is 0 Å². The summed E-state index contributed by atoms with van der Waals surface area (Å²) in [6.45, 7) is 4.19. The predicted octanol–water partition coefficient (Wildman–Crippen LogP) is -1.55. The number of hydrogen-bond acceptors (Lipinski definition) is 10. The quantitative estimate of drug-likeness (QED) is 0.452. The fourth-order valence-electron chi connectivity index (χ4n) is 2.46. The van der Waals surface area contributed by atoms with Crippen molar-refractivity contribution in [3.63, 3.8) is 0 Å². The van der Waals surface area contributed by atoms with E-state index in [-0.39, 0.29) is 0 Å². The highest BCUT2D eigenvalue weighted by molar-refractivity contribution is 5.69. The second kappa shape index (κ2) is 8.06. The Hall–Kier alpha value is -2.20. The minimum absolute atomic E-state index is 0.820. The highest BCUT2D eigenvalue weighted by atomic mass is 16.6. The van der Waals surface area contributed by atoms with Gasteiger partial charge in [-0.05, 0) is 0 Å². The van der Waals surface area contributed by atoms with Gasteiger partial charge in [0.15, 0.2) is 24.4 Å². The van der Waals surface area contributed by atoms with Gasteiger partial charge in [0.25, 0.3) is 0 Å². The Morgan fingerprint density at radius 2 is 0.750 bits per heavy atom. The molecule has 0 heterocycles. The molecule has 24 heavy (non-hydrogen) atoms. The second-order valence-electron chi connectivity index (χ2n) is 5.28. The average Bonchev–Trinajstić information content (AvgIpc) is 2.42. The Balaban J connectivity index is 3.28. The molecule has 0 unspecified atom stereocenters. The summed E-state index contributed by atoms with van der Waals surface area (Å²) >= 11 is 0.